The number of fused-ring (bicyclic) bond motifs is 6. The Hall–Kier alpha value is -8.47. The molecule has 14 rings (SSSR count). The van der Waals surface area contributed by atoms with Gasteiger partial charge in [0, 0.05) is 21.9 Å². The zero-order chi connectivity index (χ0) is 41.2. The molecule has 14 aromatic rings. The summed E-state index contributed by atoms with van der Waals surface area (Å²) < 4.78 is 2.18. The summed E-state index contributed by atoms with van der Waals surface area (Å²) in [6, 6.07) is 74.7. The lowest BCUT2D eigenvalue weighted by Crippen LogP contribution is -2.06. The van der Waals surface area contributed by atoms with Gasteiger partial charge < -0.3 is 0 Å². The molecule has 0 aliphatic carbocycles. The zero-order valence-corrected chi connectivity index (χ0v) is 33.9. The van der Waals surface area contributed by atoms with Crippen molar-refractivity contribution in [3.63, 3.8) is 0 Å². The van der Waals surface area contributed by atoms with Gasteiger partial charge in [-0.25, -0.2) is 4.98 Å². The van der Waals surface area contributed by atoms with E-state index in [0.29, 0.717) is 17.6 Å². The van der Waals surface area contributed by atoms with Crippen LogP contribution >= 0.6 is 0 Å². The van der Waals surface area contributed by atoms with Gasteiger partial charge in [-0.15, -0.1) is 0 Å². The summed E-state index contributed by atoms with van der Waals surface area (Å²) in [5, 5.41) is 19.8. The Morgan fingerprint density at radius 3 is 1.35 bits per heavy atom. The monoisotopic (exact) mass is 798 g/mol. The third-order valence-corrected chi connectivity index (χ3v) is 13.3. The van der Waals surface area contributed by atoms with Crippen LogP contribution in [0.25, 0.3) is 137 Å². The number of aromatic nitrogens is 4. The second kappa shape index (κ2) is 13.0. The Morgan fingerprint density at radius 1 is 0.270 bits per heavy atom. The van der Waals surface area contributed by atoms with Crippen LogP contribution in [0.4, 0.5) is 0 Å². The van der Waals surface area contributed by atoms with Crippen molar-refractivity contribution >= 4 is 97.2 Å². The standard InChI is InChI=1S/C59H34N4/c1-2-13-38(14-3-1)57-60-58(62-59(61-57)63-51-25-8-6-20-44(51)45-21-7-9-26-52(45)63)49-32-31-41(42-18-4-5-19-43(42)49)40-33-39-30-29-37-16-11-23-47-46-22-10-15-35-27-28-36-17-12-24-48(55(36)53(35)46)50(34-40)56(39)54(37)47/h1-34H. The maximum atomic E-state index is 5.35. The number of hydrogen-bond acceptors (Lipinski definition) is 3. The number of para-hydroxylation sites is 2. The van der Waals surface area contributed by atoms with Crippen LogP contribution < -0.4 is 0 Å². The van der Waals surface area contributed by atoms with Crippen LogP contribution in [-0.4, -0.2) is 19.5 Å². The van der Waals surface area contributed by atoms with Gasteiger partial charge in [-0.1, -0.05) is 176 Å². The average molecular weight is 799 g/mol. The Morgan fingerprint density at radius 2 is 0.730 bits per heavy atom. The van der Waals surface area contributed by atoms with E-state index in [2.05, 4.69) is 193 Å². The summed E-state index contributed by atoms with van der Waals surface area (Å²) in [5.74, 6) is 1.84. The molecule has 0 saturated heterocycles. The van der Waals surface area contributed by atoms with Crippen molar-refractivity contribution in [3.8, 4) is 39.9 Å². The fraction of sp³-hybridized carbons (Fsp3) is 0. The van der Waals surface area contributed by atoms with Crippen molar-refractivity contribution in [1.29, 1.82) is 0 Å². The molecule has 4 nitrogen and oxygen atoms in total. The summed E-state index contributed by atoms with van der Waals surface area (Å²) in [5.41, 5.74) is 6.32. The van der Waals surface area contributed by atoms with Crippen LogP contribution in [0.1, 0.15) is 0 Å². The minimum absolute atomic E-state index is 0.586. The normalized spacial score (nSPS) is 12.1. The van der Waals surface area contributed by atoms with Gasteiger partial charge in [-0.2, -0.15) is 9.97 Å². The number of benzene rings is 11. The van der Waals surface area contributed by atoms with Gasteiger partial charge in [-0.05, 0) is 117 Å². The van der Waals surface area contributed by atoms with Gasteiger partial charge in [0.2, 0.25) is 5.95 Å². The lowest BCUT2D eigenvalue weighted by molar-refractivity contribution is 0.954. The second-order valence-corrected chi connectivity index (χ2v) is 16.7. The first kappa shape index (κ1) is 34.3. The van der Waals surface area contributed by atoms with Crippen molar-refractivity contribution in [2.75, 3.05) is 0 Å². The summed E-state index contributed by atoms with van der Waals surface area (Å²) >= 11 is 0. The van der Waals surface area contributed by atoms with Gasteiger partial charge in [0.05, 0.1) is 11.0 Å². The summed E-state index contributed by atoms with van der Waals surface area (Å²) in [4.78, 5) is 15.8. The van der Waals surface area contributed by atoms with Crippen molar-refractivity contribution in [2.45, 2.75) is 0 Å². The van der Waals surface area contributed by atoms with Crippen LogP contribution in [0.5, 0.6) is 0 Å². The highest BCUT2D eigenvalue weighted by molar-refractivity contribution is 6.37. The molecule has 12 aromatic carbocycles. The van der Waals surface area contributed by atoms with E-state index in [-0.39, 0.29) is 0 Å². The van der Waals surface area contributed by atoms with E-state index in [1.54, 1.807) is 0 Å². The van der Waals surface area contributed by atoms with E-state index < -0.39 is 0 Å². The first-order chi connectivity index (χ1) is 31.2. The van der Waals surface area contributed by atoms with E-state index in [1.165, 1.54) is 70.2 Å². The van der Waals surface area contributed by atoms with Gasteiger partial charge >= 0.3 is 0 Å². The minimum Gasteiger partial charge on any atom is -0.278 e. The maximum absolute atomic E-state index is 5.35. The molecule has 0 radical (unpaired) electrons. The van der Waals surface area contributed by atoms with E-state index in [1.807, 2.05) is 18.2 Å². The minimum atomic E-state index is 0.586. The molecule has 0 spiro atoms. The average Bonchev–Trinajstić information content (AvgIpc) is 3.69. The molecular formula is C59H34N4. The number of nitrogens with zero attached hydrogens (tertiary/aromatic N) is 4. The first-order valence-corrected chi connectivity index (χ1v) is 21.5. The van der Waals surface area contributed by atoms with E-state index in [0.717, 1.165) is 49.3 Å². The highest BCUT2D eigenvalue weighted by Crippen LogP contribution is 2.46. The van der Waals surface area contributed by atoms with Crippen molar-refractivity contribution in [1.82, 2.24) is 19.5 Å². The fourth-order valence-electron chi connectivity index (χ4n) is 10.6. The highest BCUT2D eigenvalue weighted by Gasteiger charge is 2.21. The van der Waals surface area contributed by atoms with E-state index in [4.69, 9.17) is 15.0 Å². The number of hydrogen-bond donors (Lipinski definition) is 0. The van der Waals surface area contributed by atoms with Crippen molar-refractivity contribution < 1.29 is 0 Å². The predicted octanol–water partition coefficient (Wildman–Crippen LogP) is 15.5. The molecule has 63 heavy (non-hydrogen) atoms. The molecule has 0 saturated carbocycles. The smallest absolute Gasteiger partial charge is 0.238 e. The molecule has 2 aromatic heterocycles. The van der Waals surface area contributed by atoms with Crippen LogP contribution in [0.3, 0.4) is 0 Å². The SMILES string of the molecule is c1ccc(-c2nc(-c3ccc(-c4cc5ccc6cccc7c8cccc9ccc%10cccc(c(c4)c5c67)c%10c98)c4ccccc34)nc(-n3c4ccccc4c4ccccc43)n2)cc1. The summed E-state index contributed by atoms with van der Waals surface area (Å²) in [6.45, 7) is 0. The molecule has 0 amide bonds. The van der Waals surface area contributed by atoms with Gasteiger partial charge in [-0.3, -0.25) is 4.57 Å². The topological polar surface area (TPSA) is 43.6 Å². The molecule has 0 aliphatic rings. The molecule has 290 valence electrons. The largest absolute Gasteiger partial charge is 0.278 e. The Labute approximate surface area is 361 Å². The van der Waals surface area contributed by atoms with Gasteiger partial charge in [0.15, 0.2) is 11.6 Å². The van der Waals surface area contributed by atoms with Crippen molar-refractivity contribution in [3.05, 3.63) is 206 Å². The van der Waals surface area contributed by atoms with Crippen LogP contribution in [0, 0.1) is 0 Å². The lowest BCUT2D eigenvalue weighted by atomic mass is 9.86. The Balaban J connectivity index is 1.05. The summed E-state index contributed by atoms with van der Waals surface area (Å²) in [7, 11) is 0. The van der Waals surface area contributed by atoms with E-state index >= 15 is 0 Å². The molecule has 2 heterocycles. The Bertz CT molecular complexity index is 4140. The third kappa shape index (κ3) is 4.95. The fourth-order valence-corrected chi connectivity index (χ4v) is 10.6. The predicted molar refractivity (Wildman–Crippen MR) is 264 cm³/mol. The quantitative estimate of drug-likeness (QED) is 0.167. The van der Waals surface area contributed by atoms with Crippen molar-refractivity contribution in [2.24, 2.45) is 0 Å². The maximum Gasteiger partial charge on any atom is 0.238 e. The molecule has 0 N–H and O–H groups in total. The van der Waals surface area contributed by atoms with Crippen LogP contribution in [-0.2, 0) is 0 Å². The van der Waals surface area contributed by atoms with Gasteiger partial charge in [0.1, 0.15) is 0 Å². The first-order valence-electron chi connectivity index (χ1n) is 21.5. The molecule has 0 fully saturated rings. The number of rotatable bonds is 4. The molecule has 0 atom stereocenters. The molecular weight excluding hydrogens is 765 g/mol. The molecule has 4 heteroatoms. The lowest BCUT2D eigenvalue weighted by Gasteiger charge is -2.18. The third-order valence-electron chi connectivity index (χ3n) is 13.3. The molecule has 0 aliphatic heterocycles. The van der Waals surface area contributed by atoms with Gasteiger partial charge in [0.25, 0.3) is 0 Å². The molecule has 0 unspecified atom stereocenters. The summed E-state index contributed by atoms with van der Waals surface area (Å²) in [6.07, 6.45) is 0. The zero-order valence-electron chi connectivity index (χ0n) is 33.9. The van der Waals surface area contributed by atoms with Crippen LogP contribution in [0.15, 0.2) is 206 Å². The second-order valence-electron chi connectivity index (χ2n) is 16.7. The molecule has 0 bridgehead atoms. The highest BCUT2D eigenvalue weighted by atomic mass is 15.2. The van der Waals surface area contributed by atoms with E-state index in [9.17, 15) is 0 Å². The van der Waals surface area contributed by atoms with Crippen LogP contribution in [0.2, 0.25) is 0 Å². The Kier molecular flexibility index (Phi) is 7.08.